The number of H-pyrrole nitrogens is 1. The summed E-state index contributed by atoms with van der Waals surface area (Å²) in [6.07, 6.45) is -0.336. The molecular formula is C23H23F3N4O3. The highest BCUT2D eigenvalue weighted by atomic mass is 19.4. The van der Waals surface area contributed by atoms with Gasteiger partial charge in [0.1, 0.15) is 11.6 Å². The average molecular weight is 460 g/mol. The minimum atomic E-state index is -4.76. The van der Waals surface area contributed by atoms with Gasteiger partial charge in [-0.25, -0.2) is 9.97 Å². The number of benzene rings is 1. The zero-order chi connectivity index (χ0) is 23.2. The number of hydrogen-bond acceptors (Lipinski definition) is 5. The van der Waals surface area contributed by atoms with E-state index in [0.29, 0.717) is 37.1 Å². The van der Waals surface area contributed by atoms with Crippen molar-refractivity contribution >= 4 is 17.1 Å². The number of aromatic nitrogens is 3. The molecule has 1 aliphatic heterocycles. The number of aliphatic hydroxyl groups excluding tert-OH is 1. The number of rotatable bonds is 4. The third-order valence-corrected chi connectivity index (χ3v) is 6.50. The van der Waals surface area contributed by atoms with Crippen molar-refractivity contribution in [1.29, 1.82) is 0 Å². The Labute approximate surface area is 187 Å². The van der Waals surface area contributed by atoms with E-state index < -0.39 is 6.36 Å². The van der Waals surface area contributed by atoms with Gasteiger partial charge in [0.15, 0.2) is 5.65 Å². The summed E-state index contributed by atoms with van der Waals surface area (Å²) >= 11 is 0. The third-order valence-electron chi connectivity index (χ3n) is 6.50. The van der Waals surface area contributed by atoms with Crippen LogP contribution < -0.4 is 4.74 Å². The van der Waals surface area contributed by atoms with Gasteiger partial charge in [0.2, 0.25) is 0 Å². The van der Waals surface area contributed by atoms with Gasteiger partial charge >= 0.3 is 6.36 Å². The average Bonchev–Trinajstić information content (AvgIpc) is 3.20. The second kappa shape index (κ2) is 8.33. The highest BCUT2D eigenvalue weighted by molar-refractivity contribution is 5.94. The van der Waals surface area contributed by atoms with Crippen LogP contribution in [0.2, 0.25) is 0 Å². The Hall–Kier alpha value is -3.14. The lowest BCUT2D eigenvalue weighted by Crippen LogP contribution is -2.38. The molecule has 2 aromatic heterocycles. The zero-order valence-electron chi connectivity index (χ0n) is 17.7. The Balaban J connectivity index is 1.24. The van der Waals surface area contributed by atoms with Crippen molar-refractivity contribution in [2.24, 2.45) is 0 Å². The molecule has 33 heavy (non-hydrogen) atoms. The summed E-state index contributed by atoms with van der Waals surface area (Å²) in [6.45, 7) is 1.09. The van der Waals surface area contributed by atoms with Crippen molar-refractivity contribution in [1.82, 2.24) is 19.9 Å². The molecule has 1 aliphatic carbocycles. The second-order valence-electron chi connectivity index (χ2n) is 8.68. The van der Waals surface area contributed by atoms with Crippen molar-refractivity contribution in [2.45, 2.75) is 50.0 Å². The summed E-state index contributed by atoms with van der Waals surface area (Å²) in [7, 11) is 0. The number of carbonyl (C=O) groups is 1. The molecule has 1 aromatic carbocycles. The summed E-state index contributed by atoms with van der Waals surface area (Å²) in [5, 5.41) is 9.58. The van der Waals surface area contributed by atoms with Crippen LogP contribution in [0, 0.1) is 0 Å². The highest BCUT2D eigenvalue weighted by Gasteiger charge is 2.33. The lowest BCUT2D eigenvalue weighted by Gasteiger charge is -2.32. The minimum Gasteiger partial charge on any atom is -0.406 e. The van der Waals surface area contributed by atoms with Gasteiger partial charge in [-0.2, -0.15) is 0 Å². The predicted octanol–water partition coefficient (Wildman–Crippen LogP) is 4.11. The van der Waals surface area contributed by atoms with Crippen molar-refractivity contribution in [2.75, 3.05) is 13.1 Å². The Kier molecular flexibility index (Phi) is 5.48. The number of likely N-dealkylation sites (tertiary alicyclic amines) is 1. The summed E-state index contributed by atoms with van der Waals surface area (Å²) in [5.74, 6) is 0.770. The van der Waals surface area contributed by atoms with Crippen LogP contribution in [-0.2, 0) is 0 Å². The maximum Gasteiger partial charge on any atom is 0.573 e. The number of aliphatic hydroxyl groups is 1. The fraction of sp³-hybridized carbons (Fsp3) is 0.435. The molecule has 2 aliphatic rings. The molecule has 10 heteroatoms. The number of piperidine rings is 1. The number of pyridine rings is 1. The number of halogens is 3. The molecule has 2 fully saturated rings. The van der Waals surface area contributed by atoms with Gasteiger partial charge in [0.05, 0.1) is 11.6 Å². The molecule has 3 aromatic rings. The smallest absolute Gasteiger partial charge is 0.406 e. The van der Waals surface area contributed by atoms with Crippen LogP contribution in [0.15, 0.2) is 36.5 Å². The molecule has 0 spiro atoms. The number of fused-ring (bicyclic) bond motifs is 1. The van der Waals surface area contributed by atoms with Gasteiger partial charge in [0.25, 0.3) is 5.91 Å². The molecular weight excluding hydrogens is 437 g/mol. The standard InChI is InChI=1S/C23H23F3N4O3/c24-23(25,26)33-17-3-1-14(2-4-17)22(32)30-9-6-13(7-10-30)18-5-8-27-21-19(18)28-20(29-21)15-11-16(31)12-15/h1-5,8,13,15-16,31H,6-7,9-12H2,(H,27,28,29). The van der Waals surface area contributed by atoms with Crippen molar-refractivity contribution in [3.63, 3.8) is 0 Å². The van der Waals surface area contributed by atoms with E-state index in [1.54, 1.807) is 11.1 Å². The zero-order valence-corrected chi connectivity index (χ0v) is 17.7. The number of ether oxygens (including phenoxy) is 1. The summed E-state index contributed by atoms with van der Waals surface area (Å²) in [4.78, 5) is 26.9. The molecule has 5 rings (SSSR count). The molecule has 1 amide bonds. The van der Waals surface area contributed by atoms with Gasteiger partial charge in [0, 0.05) is 30.8 Å². The predicted molar refractivity (Wildman–Crippen MR) is 113 cm³/mol. The van der Waals surface area contributed by atoms with Crippen LogP contribution in [0.5, 0.6) is 5.75 Å². The van der Waals surface area contributed by atoms with E-state index in [1.165, 1.54) is 12.1 Å². The first-order valence-corrected chi connectivity index (χ1v) is 10.9. The molecule has 0 bridgehead atoms. The van der Waals surface area contributed by atoms with Crippen molar-refractivity contribution in [3.8, 4) is 5.75 Å². The monoisotopic (exact) mass is 460 g/mol. The molecule has 1 saturated heterocycles. The first-order valence-electron chi connectivity index (χ1n) is 10.9. The van der Waals surface area contributed by atoms with Gasteiger partial charge in [-0.05, 0) is 67.5 Å². The van der Waals surface area contributed by atoms with Crippen LogP contribution in [0.1, 0.15) is 59.3 Å². The topological polar surface area (TPSA) is 91.3 Å². The number of nitrogens with one attached hydrogen (secondary N) is 1. The fourth-order valence-corrected chi connectivity index (χ4v) is 4.67. The first-order chi connectivity index (χ1) is 15.8. The summed E-state index contributed by atoms with van der Waals surface area (Å²) in [6, 6.07) is 6.99. The number of imidazole rings is 1. The Morgan fingerprint density at radius 3 is 2.42 bits per heavy atom. The molecule has 3 heterocycles. The second-order valence-corrected chi connectivity index (χ2v) is 8.68. The quantitative estimate of drug-likeness (QED) is 0.611. The van der Waals surface area contributed by atoms with Gasteiger partial charge in [-0.3, -0.25) is 4.79 Å². The van der Waals surface area contributed by atoms with Crippen LogP contribution >= 0.6 is 0 Å². The Morgan fingerprint density at radius 1 is 1.09 bits per heavy atom. The minimum absolute atomic E-state index is 0.209. The largest absolute Gasteiger partial charge is 0.573 e. The first kappa shape index (κ1) is 21.7. The maximum absolute atomic E-state index is 12.8. The van der Waals surface area contributed by atoms with Crippen LogP contribution in [0.25, 0.3) is 11.2 Å². The maximum atomic E-state index is 12.8. The molecule has 0 unspecified atom stereocenters. The number of carbonyl (C=O) groups excluding carboxylic acids is 1. The number of alkyl halides is 3. The lowest BCUT2D eigenvalue weighted by molar-refractivity contribution is -0.274. The third kappa shape index (κ3) is 4.52. The summed E-state index contributed by atoms with van der Waals surface area (Å²) < 4.78 is 40.8. The van der Waals surface area contributed by atoms with Crippen LogP contribution in [0.4, 0.5) is 13.2 Å². The van der Waals surface area contributed by atoms with Crippen LogP contribution in [-0.4, -0.2) is 56.4 Å². The van der Waals surface area contributed by atoms with Gasteiger partial charge in [-0.1, -0.05) is 0 Å². The van der Waals surface area contributed by atoms with E-state index >= 15 is 0 Å². The molecule has 174 valence electrons. The SMILES string of the molecule is O=C(c1ccc(OC(F)(F)F)cc1)N1CCC(c2ccnc3nc(C4CC(O)C4)[nH]c23)CC1. The highest BCUT2D eigenvalue weighted by Crippen LogP contribution is 2.38. The molecule has 1 saturated carbocycles. The number of amides is 1. The van der Waals surface area contributed by atoms with E-state index in [-0.39, 0.29) is 29.6 Å². The van der Waals surface area contributed by atoms with E-state index in [9.17, 15) is 23.1 Å². The number of nitrogens with zero attached hydrogens (tertiary/aromatic N) is 3. The molecule has 0 atom stereocenters. The number of hydrogen-bond donors (Lipinski definition) is 2. The molecule has 2 N–H and O–H groups in total. The lowest BCUT2D eigenvalue weighted by atomic mass is 9.82. The van der Waals surface area contributed by atoms with Crippen LogP contribution in [0.3, 0.4) is 0 Å². The van der Waals surface area contributed by atoms with E-state index in [0.717, 1.165) is 41.9 Å². The molecule has 7 nitrogen and oxygen atoms in total. The van der Waals surface area contributed by atoms with Gasteiger partial charge < -0.3 is 19.7 Å². The normalized spacial score (nSPS) is 21.8. The van der Waals surface area contributed by atoms with E-state index in [2.05, 4.69) is 19.7 Å². The summed E-state index contributed by atoms with van der Waals surface area (Å²) in [5.41, 5.74) is 3.04. The molecule has 0 radical (unpaired) electrons. The van der Waals surface area contributed by atoms with Crippen molar-refractivity contribution in [3.05, 3.63) is 53.5 Å². The van der Waals surface area contributed by atoms with E-state index in [1.807, 2.05) is 6.07 Å². The fourth-order valence-electron chi connectivity index (χ4n) is 4.67. The van der Waals surface area contributed by atoms with E-state index in [4.69, 9.17) is 0 Å². The number of aromatic amines is 1. The Bertz CT molecular complexity index is 1150. The van der Waals surface area contributed by atoms with Gasteiger partial charge in [-0.15, -0.1) is 13.2 Å². The Morgan fingerprint density at radius 2 is 1.79 bits per heavy atom. The van der Waals surface area contributed by atoms with Crippen molar-refractivity contribution < 1.29 is 27.8 Å².